The molecule has 66 valence electrons. The first-order valence-corrected chi connectivity index (χ1v) is 3.07. The van der Waals surface area contributed by atoms with Crippen molar-refractivity contribution in [1.29, 1.82) is 0 Å². The van der Waals surface area contributed by atoms with Gasteiger partial charge in [-0.1, -0.05) is 0 Å². The van der Waals surface area contributed by atoms with E-state index in [1.807, 2.05) is 0 Å². The summed E-state index contributed by atoms with van der Waals surface area (Å²) >= 11 is 0. The molecule has 2 unspecified atom stereocenters. The monoisotopic (exact) mass is 164 g/mol. The number of carbonyl (C=O) groups excluding carboxylic acids is 1. The van der Waals surface area contributed by atoms with E-state index < -0.39 is 18.0 Å². The number of aliphatic hydroxyl groups is 2. The van der Waals surface area contributed by atoms with Crippen LogP contribution in [0.3, 0.4) is 0 Å². The smallest absolute Gasteiger partial charge is 0.353 e. The minimum Gasteiger partial charge on any atom is -0.406 e. The molecule has 0 aromatic rings. The maximum Gasteiger partial charge on any atom is 0.353 e. The van der Waals surface area contributed by atoms with E-state index in [1.165, 1.54) is 6.92 Å². The molecule has 0 aromatic heterocycles. The molecule has 0 bridgehead atoms. The number of esters is 1. The molecule has 0 aliphatic carbocycles. The molecule has 0 saturated carbocycles. The van der Waals surface area contributed by atoms with Gasteiger partial charge in [-0.25, -0.2) is 0 Å². The van der Waals surface area contributed by atoms with Gasteiger partial charge in [0.25, 0.3) is 0 Å². The van der Waals surface area contributed by atoms with Crippen LogP contribution >= 0.6 is 0 Å². The summed E-state index contributed by atoms with van der Waals surface area (Å²) in [5.74, 6) is -2.96. The number of ether oxygens (including phenoxy) is 2. The van der Waals surface area contributed by atoms with Crippen LogP contribution < -0.4 is 0 Å². The van der Waals surface area contributed by atoms with E-state index in [1.54, 1.807) is 0 Å². The summed E-state index contributed by atoms with van der Waals surface area (Å²) in [5, 5.41) is 18.0. The Hall–Kier alpha value is -0.650. The molecule has 2 atom stereocenters. The molecule has 2 N–H and O–H groups in total. The fourth-order valence-electron chi connectivity index (χ4n) is 0.503. The lowest BCUT2D eigenvalue weighted by Gasteiger charge is -2.27. The van der Waals surface area contributed by atoms with Gasteiger partial charge in [-0.05, 0) is 6.92 Å². The first-order chi connectivity index (χ1) is 4.92. The van der Waals surface area contributed by atoms with Gasteiger partial charge in [0.1, 0.15) is 6.10 Å². The molecule has 5 nitrogen and oxygen atoms in total. The highest BCUT2D eigenvalue weighted by Gasteiger charge is 2.36. The number of methoxy groups -OCH3 is 1. The fraction of sp³-hybridized carbons (Fsp3) is 0.833. The molecule has 0 aliphatic heterocycles. The molecular weight excluding hydrogens is 152 g/mol. The fourth-order valence-corrected chi connectivity index (χ4v) is 0.503. The van der Waals surface area contributed by atoms with Crippen molar-refractivity contribution in [3.8, 4) is 0 Å². The molecule has 0 aliphatic rings. The topological polar surface area (TPSA) is 76.0 Å². The molecule has 0 amide bonds. The summed E-state index contributed by atoms with van der Waals surface area (Å²) in [6, 6.07) is 0. The quantitative estimate of drug-likeness (QED) is 0.423. The molecule has 0 aromatic carbocycles. The van der Waals surface area contributed by atoms with Crippen molar-refractivity contribution in [2.45, 2.75) is 25.9 Å². The summed E-state index contributed by atoms with van der Waals surface area (Å²) in [4.78, 5) is 10.3. The highest BCUT2D eigenvalue weighted by atomic mass is 16.8. The Kier molecular flexibility index (Phi) is 3.44. The van der Waals surface area contributed by atoms with Crippen LogP contribution in [-0.2, 0) is 14.3 Å². The van der Waals surface area contributed by atoms with E-state index in [2.05, 4.69) is 9.47 Å². The van der Waals surface area contributed by atoms with Crippen molar-refractivity contribution in [3.63, 3.8) is 0 Å². The third-order valence-electron chi connectivity index (χ3n) is 1.11. The second-order valence-corrected chi connectivity index (χ2v) is 2.10. The van der Waals surface area contributed by atoms with Crippen LogP contribution in [-0.4, -0.2) is 35.4 Å². The molecule has 0 fully saturated rings. The van der Waals surface area contributed by atoms with Gasteiger partial charge >= 0.3 is 11.9 Å². The van der Waals surface area contributed by atoms with Gasteiger partial charge < -0.3 is 19.7 Å². The van der Waals surface area contributed by atoms with E-state index in [-0.39, 0.29) is 0 Å². The predicted molar refractivity (Wildman–Crippen MR) is 35.4 cm³/mol. The minimum atomic E-state index is -2.23. The average Bonchev–Trinajstić information content (AvgIpc) is 1.86. The van der Waals surface area contributed by atoms with E-state index in [4.69, 9.17) is 10.2 Å². The Morgan fingerprint density at radius 1 is 1.64 bits per heavy atom. The second kappa shape index (κ2) is 3.66. The van der Waals surface area contributed by atoms with Crippen molar-refractivity contribution >= 4 is 5.97 Å². The van der Waals surface area contributed by atoms with Gasteiger partial charge in [0, 0.05) is 14.0 Å². The van der Waals surface area contributed by atoms with Gasteiger partial charge in [-0.2, -0.15) is 0 Å². The summed E-state index contributed by atoms with van der Waals surface area (Å²) in [7, 11) is 1.12. The number of hydrogen-bond donors (Lipinski definition) is 2. The van der Waals surface area contributed by atoms with Gasteiger partial charge in [-0.3, -0.25) is 4.79 Å². The van der Waals surface area contributed by atoms with Crippen molar-refractivity contribution < 1.29 is 24.5 Å². The maximum absolute atomic E-state index is 10.3. The zero-order valence-corrected chi connectivity index (χ0v) is 6.70. The first-order valence-electron chi connectivity index (χ1n) is 3.07. The average molecular weight is 164 g/mol. The van der Waals surface area contributed by atoms with Crippen LogP contribution in [0.5, 0.6) is 0 Å². The van der Waals surface area contributed by atoms with Crippen molar-refractivity contribution in [3.05, 3.63) is 0 Å². The van der Waals surface area contributed by atoms with E-state index in [0.717, 1.165) is 14.0 Å². The zero-order valence-electron chi connectivity index (χ0n) is 6.70. The van der Waals surface area contributed by atoms with Crippen molar-refractivity contribution in [2.24, 2.45) is 0 Å². The third-order valence-corrected chi connectivity index (χ3v) is 1.11. The van der Waals surface area contributed by atoms with Crippen LogP contribution in [0.4, 0.5) is 0 Å². The number of hydrogen-bond acceptors (Lipinski definition) is 5. The normalized spacial score (nSPS) is 18.6. The highest BCUT2D eigenvalue weighted by molar-refractivity contribution is 5.66. The Morgan fingerprint density at radius 2 is 2.09 bits per heavy atom. The van der Waals surface area contributed by atoms with Crippen molar-refractivity contribution in [2.75, 3.05) is 7.11 Å². The molecular formula is C6H12O5. The Labute approximate surface area is 64.5 Å². The predicted octanol–water partition coefficient (Wildman–Crippen LogP) is -0.777. The molecule has 0 heterocycles. The summed E-state index contributed by atoms with van der Waals surface area (Å²) in [6.07, 6.45) is -1.30. The van der Waals surface area contributed by atoms with Gasteiger partial charge in [0.15, 0.2) is 0 Å². The number of rotatable bonds is 3. The Bertz CT molecular complexity index is 144. The lowest BCUT2D eigenvalue weighted by atomic mass is 10.3. The van der Waals surface area contributed by atoms with Crippen LogP contribution in [0.25, 0.3) is 0 Å². The zero-order chi connectivity index (χ0) is 9.07. The summed E-state index contributed by atoms with van der Waals surface area (Å²) in [6.45, 7) is 2.35. The van der Waals surface area contributed by atoms with Crippen molar-refractivity contribution in [1.82, 2.24) is 0 Å². The lowest BCUT2D eigenvalue weighted by Crippen LogP contribution is -2.46. The molecule has 0 saturated heterocycles. The largest absolute Gasteiger partial charge is 0.406 e. The molecule has 11 heavy (non-hydrogen) atoms. The highest BCUT2D eigenvalue weighted by Crippen LogP contribution is 2.13. The second-order valence-electron chi connectivity index (χ2n) is 2.10. The summed E-state index contributed by atoms with van der Waals surface area (Å²) in [5.41, 5.74) is 0. The number of aliphatic hydroxyl groups excluding tert-OH is 1. The Balaban J connectivity index is 4.22. The molecule has 0 spiro atoms. The maximum atomic E-state index is 10.3. The lowest BCUT2D eigenvalue weighted by molar-refractivity contribution is -0.365. The van der Waals surface area contributed by atoms with Gasteiger partial charge in [0.05, 0.1) is 0 Å². The third kappa shape index (κ3) is 2.83. The summed E-state index contributed by atoms with van der Waals surface area (Å²) < 4.78 is 8.67. The van der Waals surface area contributed by atoms with Crippen LogP contribution in [0.15, 0.2) is 0 Å². The Morgan fingerprint density at radius 3 is 2.18 bits per heavy atom. The minimum absolute atomic E-state index is 0.727. The molecule has 0 rings (SSSR count). The van der Waals surface area contributed by atoms with Gasteiger partial charge in [-0.15, -0.1) is 0 Å². The van der Waals surface area contributed by atoms with Crippen LogP contribution in [0.2, 0.25) is 0 Å². The van der Waals surface area contributed by atoms with Crippen LogP contribution in [0.1, 0.15) is 13.8 Å². The van der Waals surface area contributed by atoms with E-state index in [9.17, 15) is 4.79 Å². The van der Waals surface area contributed by atoms with E-state index in [0.29, 0.717) is 0 Å². The standard InChI is InChI=1S/C6H12O5/c1-4(7)6(9,10-3)11-5(2)8/h4,7,9H,1-3H3. The molecule has 5 heteroatoms. The number of carbonyl (C=O) groups is 1. The van der Waals surface area contributed by atoms with Gasteiger partial charge in [0.2, 0.25) is 0 Å². The molecule has 0 radical (unpaired) electrons. The van der Waals surface area contributed by atoms with E-state index >= 15 is 0 Å². The first kappa shape index (κ1) is 10.3. The SMILES string of the molecule is COC(O)(OC(C)=O)C(C)O. The van der Waals surface area contributed by atoms with Crippen LogP contribution in [0, 0.1) is 0 Å².